The minimum absolute atomic E-state index is 0.0300. The molecular formula is C15H20F2N2O. The van der Waals surface area contributed by atoms with E-state index in [1.165, 1.54) is 6.07 Å². The Morgan fingerprint density at radius 1 is 1.30 bits per heavy atom. The number of piperidine rings is 1. The summed E-state index contributed by atoms with van der Waals surface area (Å²) in [5.41, 5.74) is 0.506. The van der Waals surface area contributed by atoms with Gasteiger partial charge in [-0.15, -0.1) is 0 Å². The first-order valence-electron chi connectivity index (χ1n) is 6.99. The smallest absolute Gasteiger partial charge is 0.251 e. The number of nitrogens with one attached hydrogen (secondary N) is 2. The second-order valence-electron chi connectivity index (χ2n) is 5.51. The average Bonchev–Trinajstić information content (AvgIpc) is 2.41. The van der Waals surface area contributed by atoms with Gasteiger partial charge >= 0.3 is 0 Å². The second kappa shape index (κ2) is 6.31. The first-order chi connectivity index (χ1) is 9.49. The lowest BCUT2D eigenvalue weighted by molar-refractivity contribution is 0.0942. The van der Waals surface area contributed by atoms with Crippen LogP contribution in [0, 0.1) is 11.6 Å². The number of halogens is 2. The SMILES string of the molecule is CC(C)NC(=O)c1cc(F)c(F)c(C2CCNCC2)c1. The van der Waals surface area contributed by atoms with Crippen LogP contribution < -0.4 is 10.6 Å². The molecule has 0 atom stereocenters. The van der Waals surface area contributed by atoms with Crippen LogP contribution >= 0.6 is 0 Å². The third-order valence-corrected chi connectivity index (χ3v) is 3.52. The molecule has 20 heavy (non-hydrogen) atoms. The van der Waals surface area contributed by atoms with E-state index in [4.69, 9.17) is 0 Å². The van der Waals surface area contributed by atoms with Crippen LogP contribution in [0.1, 0.15) is 48.5 Å². The van der Waals surface area contributed by atoms with Gasteiger partial charge in [0.05, 0.1) is 0 Å². The lowest BCUT2D eigenvalue weighted by Gasteiger charge is -2.24. The first-order valence-corrected chi connectivity index (χ1v) is 6.99. The Hall–Kier alpha value is -1.49. The number of benzene rings is 1. The van der Waals surface area contributed by atoms with Crippen molar-refractivity contribution in [2.24, 2.45) is 0 Å². The average molecular weight is 282 g/mol. The molecule has 2 rings (SSSR count). The van der Waals surface area contributed by atoms with Gasteiger partial charge in [0.2, 0.25) is 0 Å². The molecule has 2 N–H and O–H groups in total. The summed E-state index contributed by atoms with van der Waals surface area (Å²) in [7, 11) is 0. The summed E-state index contributed by atoms with van der Waals surface area (Å²) in [5.74, 6) is -2.17. The van der Waals surface area contributed by atoms with Crippen LogP contribution in [0.25, 0.3) is 0 Å². The molecular weight excluding hydrogens is 262 g/mol. The number of hydrogen-bond donors (Lipinski definition) is 2. The van der Waals surface area contributed by atoms with Gasteiger partial charge in [-0.1, -0.05) is 0 Å². The standard InChI is InChI=1S/C15H20F2N2O/c1-9(2)19-15(20)11-7-12(14(17)13(16)8-11)10-3-5-18-6-4-10/h7-10,18H,3-6H2,1-2H3,(H,19,20). The summed E-state index contributed by atoms with van der Waals surface area (Å²) in [6.45, 7) is 5.22. The normalized spacial score (nSPS) is 16.4. The zero-order valence-electron chi connectivity index (χ0n) is 11.8. The summed E-state index contributed by atoms with van der Waals surface area (Å²) in [6.07, 6.45) is 1.51. The molecule has 1 heterocycles. The van der Waals surface area contributed by atoms with Crippen LogP contribution in [0.3, 0.4) is 0 Å². The highest BCUT2D eigenvalue weighted by molar-refractivity contribution is 5.94. The summed E-state index contributed by atoms with van der Waals surface area (Å²) < 4.78 is 27.7. The summed E-state index contributed by atoms with van der Waals surface area (Å²) in [6, 6.07) is 2.42. The maximum atomic E-state index is 14.0. The van der Waals surface area contributed by atoms with Crippen molar-refractivity contribution in [1.82, 2.24) is 10.6 Å². The van der Waals surface area contributed by atoms with Crippen molar-refractivity contribution in [2.75, 3.05) is 13.1 Å². The molecule has 0 aliphatic carbocycles. The molecule has 1 aliphatic rings. The fourth-order valence-electron chi connectivity index (χ4n) is 2.52. The van der Waals surface area contributed by atoms with Crippen LogP contribution in [-0.2, 0) is 0 Å². The van der Waals surface area contributed by atoms with Crippen molar-refractivity contribution in [1.29, 1.82) is 0 Å². The molecule has 5 heteroatoms. The fraction of sp³-hybridized carbons (Fsp3) is 0.533. The molecule has 1 aliphatic heterocycles. The zero-order chi connectivity index (χ0) is 14.7. The molecule has 110 valence electrons. The van der Waals surface area contributed by atoms with Gasteiger partial charge in [-0.05, 0) is 63.4 Å². The predicted octanol–water partition coefficient (Wildman–Crippen LogP) is 2.57. The van der Waals surface area contributed by atoms with E-state index in [1.807, 2.05) is 13.8 Å². The molecule has 1 saturated heterocycles. The Bertz CT molecular complexity index is 497. The van der Waals surface area contributed by atoms with E-state index in [-0.39, 0.29) is 23.4 Å². The van der Waals surface area contributed by atoms with Gasteiger partial charge in [0.15, 0.2) is 11.6 Å². The molecule has 0 saturated carbocycles. The number of amides is 1. The second-order valence-corrected chi connectivity index (χ2v) is 5.51. The van der Waals surface area contributed by atoms with E-state index in [0.717, 1.165) is 32.0 Å². The number of hydrogen-bond acceptors (Lipinski definition) is 2. The van der Waals surface area contributed by atoms with Crippen molar-refractivity contribution in [2.45, 2.75) is 38.6 Å². The van der Waals surface area contributed by atoms with Gasteiger partial charge in [0, 0.05) is 11.6 Å². The first kappa shape index (κ1) is 14.9. The van der Waals surface area contributed by atoms with Crippen molar-refractivity contribution in [3.63, 3.8) is 0 Å². The Morgan fingerprint density at radius 2 is 1.95 bits per heavy atom. The lowest BCUT2D eigenvalue weighted by atomic mass is 9.88. The fourth-order valence-corrected chi connectivity index (χ4v) is 2.52. The summed E-state index contributed by atoms with van der Waals surface area (Å²) in [4.78, 5) is 11.9. The van der Waals surface area contributed by atoms with Gasteiger partial charge in [0.25, 0.3) is 5.91 Å². The molecule has 1 fully saturated rings. The molecule has 3 nitrogen and oxygen atoms in total. The number of carbonyl (C=O) groups is 1. The molecule has 0 radical (unpaired) electrons. The highest BCUT2D eigenvalue weighted by Crippen LogP contribution is 2.29. The van der Waals surface area contributed by atoms with Gasteiger partial charge in [-0.25, -0.2) is 8.78 Å². The number of rotatable bonds is 3. The van der Waals surface area contributed by atoms with Crippen LogP contribution in [0.4, 0.5) is 8.78 Å². The van der Waals surface area contributed by atoms with Crippen LogP contribution in [0.2, 0.25) is 0 Å². The Labute approximate surface area is 117 Å². The van der Waals surface area contributed by atoms with Gasteiger partial charge in [0.1, 0.15) is 0 Å². The van der Waals surface area contributed by atoms with E-state index >= 15 is 0 Å². The molecule has 1 amide bonds. The third kappa shape index (κ3) is 3.33. The van der Waals surface area contributed by atoms with E-state index in [9.17, 15) is 13.6 Å². The van der Waals surface area contributed by atoms with Crippen LogP contribution in [0.5, 0.6) is 0 Å². The van der Waals surface area contributed by atoms with Crippen LogP contribution in [0.15, 0.2) is 12.1 Å². The molecule has 1 aromatic carbocycles. The van der Waals surface area contributed by atoms with Crippen molar-refractivity contribution < 1.29 is 13.6 Å². The summed E-state index contributed by atoms with van der Waals surface area (Å²) >= 11 is 0. The van der Waals surface area contributed by atoms with Gasteiger partial charge < -0.3 is 10.6 Å². The molecule has 1 aromatic rings. The van der Waals surface area contributed by atoms with E-state index in [0.29, 0.717) is 5.56 Å². The zero-order valence-corrected chi connectivity index (χ0v) is 11.8. The molecule has 0 spiro atoms. The maximum Gasteiger partial charge on any atom is 0.251 e. The highest BCUT2D eigenvalue weighted by Gasteiger charge is 2.23. The monoisotopic (exact) mass is 282 g/mol. The molecule has 0 bridgehead atoms. The van der Waals surface area contributed by atoms with Crippen molar-refractivity contribution in [3.05, 3.63) is 34.9 Å². The van der Waals surface area contributed by atoms with Gasteiger partial charge in [-0.3, -0.25) is 4.79 Å². The predicted molar refractivity (Wildman–Crippen MR) is 73.8 cm³/mol. The third-order valence-electron chi connectivity index (χ3n) is 3.52. The van der Waals surface area contributed by atoms with Crippen molar-refractivity contribution in [3.8, 4) is 0 Å². The topological polar surface area (TPSA) is 41.1 Å². The van der Waals surface area contributed by atoms with Gasteiger partial charge in [-0.2, -0.15) is 0 Å². The van der Waals surface area contributed by atoms with E-state index in [2.05, 4.69) is 10.6 Å². The van der Waals surface area contributed by atoms with Crippen LogP contribution in [-0.4, -0.2) is 25.0 Å². The number of carbonyl (C=O) groups excluding carboxylic acids is 1. The Balaban J connectivity index is 2.31. The maximum absolute atomic E-state index is 14.0. The van der Waals surface area contributed by atoms with Crippen molar-refractivity contribution >= 4 is 5.91 Å². The molecule has 0 unspecified atom stereocenters. The van der Waals surface area contributed by atoms with E-state index < -0.39 is 11.6 Å². The quantitative estimate of drug-likeness (QED) is 0.894. The largest absolute Gasteiger partial charge is 0.350 e. The minimum Gasteiger partial charge on any atom is -0.350 e. The lowest BCUT2D eigenvalue weighted by Crippen LogP contribution is -2.31. The minimum atomic E-state index is -0.949. The van der Waals surface area contributed by atoms with E-state index in [1.54, 1.807) is 0 Å². The highest BCUT2D eigenvalue weighted by atomic mass is 19.2. The Kier molecular flexibility index (Phi) is 4.70. The molecule has 0 aromatic heterocycles. The summed E-state index contributed by atoms with van der Waals surface area (Å²) in [5, 5.41) is 5.88. The Morgan fingerprint density at radius 3 is 2.55 bits per heavy atom.